The molecule has 2 N–H and O–H groups in total. The highest BCUT2D eigenvalue weighted by Gasteiger charge is 2.06. The van der Waals surface area contributed by atoms with Crippen LogP contribution in [0.2, 0.25) is 0 Å². The smallest absolute Gasteiger partial charge is 0.119 e. The van der Waals surface area contributed by atoms with E-state index >= 15 is 0 Å². The van der Waals surface area contributed by atoms with Crippen LogP contribution in [0.5, 0.6) is 5.75 Å². The number of aliphatic hydroxyl groups is 1. The number of rotatable bonds is 6. The normalized spacial score (nSPS) is 12.6. The van der Waals surface area contributed by atoms with Crippen molar-refractivity contribution in [3.8, 4) is 5.75 Å². The molecular weight excluding hydrogens is 202 g/mol. The minimum atomic E-state index is 0.0460. The quantitative estimate of drug-likeness (QED) is 0.778. The van der Waals surface area contributed by atoms with Gasteiger partial charge in [-0.25, -0.2) is 0 Å². The van der Waals surface area contributed by atoms with Crippen molar-refractivity contribution in [2.45, 2.75) is 26.8 Å². The van der Waals surface area contributed by atoms with Gasteiger partial charge in [-0.3, -0.25) is 0 Å². The Balaban J connectivity index is 2.51. The van der Waals surface area contributed by atoms with E-state index in [0.29, 0.717) is 18.6 Å². The Morgan fingerprint density at radius 3 is 2.31 bits per heavy atom. The van der Waals surface area contributed by atoms with Gasteiger partial charge in [-0.15, -0.1) is 0 Å². The third kappa shape index (κ3) is 4.11. The zero-order valence-corrected chi connectivity index (χ0v) is 10.2. The lowest BCUT2D eigenvalue weighted by atomic mass is 10.1. The first kappa shape index (κ1) is 12.8. The molecule has 0 aliphatic carbocycles. The minimum Gasteiger partial charge on any atom is -0.491 e. The summed E-state index contributed by atoms with van der Waals surface area (Å²) < 4.78 is 5.28. The summed E-state index contributed by atoms with van der Waals surface area (Å²) in [5.41, 5.74) is 1.09. The van der Waals surface area contributed by atoms with Gasteiger partial charge in [0.1, 0.15) is 12.4 Å². The molecule has 0 heterocycles. The zero-order valence-electron chi connectivity index (χ0n) is 10.2. The molecule has 0 amide bonds. The van der Waals surface area contributed by atoms with Crippen LogP contribution >= 0.6 is 0 Å². The molecule has 16 heavy (non-hydrogen) atoms. The number of nitrogens with one attached hydrogen (secondary N) is 1. The third-order valence-electron chi connectivity index (χ3n) is 2.61. The molecule has 90 valence electrons. The van der Waals surface area contributed by atoms with Gasteiger partial charge in [0.2, 0.25) is 0 Å². The largest absolute Gasteiger partial charge is 0.491 e. The van der Waals surface area contributed by atoms with E-state index in [1.807, 2.05) is 24.3 Å². The van der Waals surface area contributed by atoms with E-state index in [-0.39, 0.29) is 6.61 Å². The van der Waals surface area contributed by atoms with Gasteiger partial charge in [0.05, 0.1) is 6.61 Å². The Kier molecular flexibility index (Phi) is 5.12. The van der Waals surface area contributed by atoms with Gasteiger partial charge in [-0.2, -0.15) is 0 Å². The van der Waals surface area contributed by atoms with Gasteiger partial charge in [0.15, 0.2) is 0 Å². The Labute approximate surface area is 97.4 Å². The molecular formula is C13H21NO2. The van der Waals surface area contributed by atoms with Gasteiger partial charge < -0.3 is 15.2 Å². The molecule has 1 atom stereocenters. The van der Waals surface area contributed by atoms with Crippen LogP contribution in [0.1, 0.15) is 20.8 Å². The van der Waals surface area contributed by atoms with E-state index < -0.39 is 0 Å². The summed E-state index contributed by atoms with van der Waals surface area (Å²) in [7, 11) is 0. The van der Waals surface area contributed by atoms with Crippen molar-refractivity contribution in [2.75, 3.05) is 18.5 Å². The first-order valence-electron chi connectivity index (χ1n) is 5.73. The first-order chi connectivity index (χ1) is 7.63. The van der Waals surface area contributed by atoms with Gasteiger partial charge >= 0.3 is 0 Å². The summed E-state index contributed by atoms with van der Waals surface area (Å²) in [4.78, 5) is 0. The minimum absolute atomic E-state index is 0.0460. The maximum atomic E-state index is 8.62. The van der Waals surface area contributed by atoms with Crippen LogP contribution in [0, 0.1) is 5.92 Å². The molecule has 0 spiro atoms. The molecule has 0 bridgehead atoms. The lowest BCUT2D eigenvalue weighted by molar-refractivity contribution is 0.201. The second-order valence-electron chi connectivity index (χ2n) is 4.27. The average molecular weight is 223 g/mol. The molecule has 0 aromatic heterocycles. The summed E-state index contributed by atoms with van der Waals surface area (Å²) >= 11 is 0. The fourth-order valence-corrected chi connectivity index (χ4v) is 1.24. The molecule has 0 saturated heterocycles. The van der Waals surface area contributed by atoms with E-state index in [2.05, 4.69) is 26.1 Å². The summed E-state index contributed by atoms with van der Waals surface area (Å²) in [6, 6.07) is 8.25. The fourth-order valence-electron chi connectivity index (χ4n) is 1.24. The maximum absolute atomic E-state index is 8.62. The number of benzene rings is 1. The van der Waals surface area contributed by atoms with Crippen molar-refractivity contribution in [1.82, 2.24) is 0 Å². The Morgan fingerprint density at radius 1 is 1.19 bits per heavy atom. The van der Waals surface area contributed by atoms with Crippen LogP contribution in [-0.2, 0) is 0 Å². The second kappa shape index (κ2) is 6.38. The lowest BCUT2D eigenvalue weighted by Gasteiger charge is -2.18. The van der Waals surface area contributed by atoms with E-state index in [1.165, 1.54) is 0 Å². The van der Waals surface area contributed by atoms with Crippen LogP contribution in [0.3, 0.4) is 0 Å². The Bertz CT molecular complexity index is 295. The number of ether oxygens (including phenoxy) is 1. The summed E-state index contributed by atoms with van der Waals surface area (Å²) in [6.45, 7) is 6.94. The number of hydrogen-bond donors (Lipinski definition) is 2. The van der Waals surface area contributed by atoms with Gasteiger partial charge in [0, 0.05) is 11.7 Å². The van der Waals surface area contributed by atoms with Gasteiger partial charge in [0.25, 0.3) is 0 Å². The molecule has 1 aromatic rings. The summed E-state index contributed by atoms with van der Waals surface area (Å²) in [5.74, 6) is 1.39. The monoisotopic (exact) mass is 223 g/mol. The molecule has 0 fully saturated rings. The second-order valence-corrected chi connectivity index (χ2v) is 4.27. The molecule has 3 nitrogen and oxygen atoms in total. The van der Waals surface area contributed by atoms with Crippen LogP contribution in [0.25, 0.3) is 0 Å². The molecule has 1 aromatic carbocycles. The maximum Gasteiger partial charge on any atom is 0.119 e. The summed E-state index contributed by atoms with van der Waals surface area (Å²) in [5, 5.41) is 12.0. The molecule has 1 rings (SSSR count). The molecule has 0 aliphatic heterocycles. The van der Waals surface area contributed by atoms with E-state index in [4.69, 9.17) is 9.84 Å². The predicted octanol–water partition coefficient (Wildman–Crippen LogP) is 2.51. The predicted molar refractivity (Wildman–Crippen MR) is 66.9 cm³/mol. The van der Waals surface area contributed by atoms with Gasteiger partial charge in [-0.05, 0) is 37.1 Å². The van der Waals surface area contributed by atoms with Crippen molar-refractivity contribution in [3.63, 3.8) is 0 Å². The number of aliphatic hydroxyl groups excluding tert-OH is 1. The Morgan fingerprint density at radius 2 is 1.81 bits per heavy atom. The molecule has 0 saturated carbocycles. The van der Waals surface area contributed by atoms with E-state index in [0.717, 1.165) is 11.4 Å². The Hall–Kier alpha value is -1.22. The highest BCUT2D eigenvalue weighted by atomic mass is 16.5. The van der Waals surface area contributed by atoms with Crippen molar-refractivity contribution in [3.05, 3.63) is 24.3 Å². The average Bonchev–Trinajstić information content (AvgIpc) is 2.28. The van der Waals surface area contributed by atoms with Crippen LogP contribution < -0.4 is 10.1 Å². The van der Waals surface area contributed by atoms with Crippen molar-refractivity contribution in [1.29, 1.82) is 0 Å². The fraction of sp³-hybridized carbons (Fsp3) is 0.538. The van der Waals surface area contributed by atoms with Crippen LogP contribution in [0.4, 0.5) is 5.69 Å². The number of hydrogen-bond acceptors (Lipinski definition) is 3. The molecule has 3 heteroatoms. The van der Waals surface area contributed by atoms with Crippen molar-refractivity contribution >= 4 is 5.69 Å². The van der Waals surface area contributed by atoms with Gasteiger partial charge in [-0.1, -0.05) is 13.8 Å². The SMILES string of the molecule is CC(C)C(C)Nc1ccc(OCCO)cc1. The third-order valence-corrected chi connectivity index (χ3v) is 2.61. The topological polar surface area (TPSA) is 41.5 Å². The van der Waals surface area contributed by atoms with Crippen molar-refractivity contribution < 1.29 is 9.84 Å². The molecule has 0 aliphatic rings. The van der Waals surface area contributed by atoms with Crippen LogP contribution in [-0.4, -0.2) is 24.4 Å². The molecule has 1 unspecified atom stereocenters. The van der Waals surface area contributed by atoms with Crippen LogP contribution in [0.15, 0.2) is 24.3 Å². The molecule has 0 radical (unpaired) electrons. The zero-order chi connectivity index (χ0) is 12.0. The lowest BCUT2D eigenvalue weighted by Crippen LogP contribution is -2.21. The number of anilines is 1. The highest BCUT2D eigenvalue weighted by Crippen LogP contribution is 2.17. The van der Waals surface area contributed by atoms with Crippen molar-refractivity contribution in [2.24, 2.45) is 5.92 Å². The van der Waals surface area contributed by atoms with E-state index in [1.54, 1.807) is 0 Å². The first-order valence-corrected chi connectivity index (χ1v) is 5.73. The summed E-state index contributed by atoms with van der Waals surface area (Å²) in [6.07, 6.45) is 0. The van der Waals surface area contributed by atoms with E-state index in [9.17, 15) is 0 Å². The highest BCUT2D eigenvalue weighted by molar-refractivity contribution is 5.47. The standard InChI is InChI=1S/C13H21NO2/c1-10(2)11(3)14-12-4-6-13(7-5-12)16-9-8-15/h4-7,10-11,14-15H,8-9H2,1-3H3.